The predicted molar refractivity (Wildman–Crippen MR) is 105 cm³/mol. The number of aryl methyl sites for hydroxylation is 3. The quantitative estimate of drug-likeness (QED) is 0.481. The van der Waals surface area contributed by atoms with Crippen LogP contribution >= 0.6 is 11.8 Å². The lowest BCUT2D eigenvalue weighted by atomic mass is 10.2. The zero-order chi connectivity index (χ0) is 18.8. The summed E-state index contributed by atoms with van der Waals surface area (Å²) in [7, 11) is 0. The molecule has 0 aliphatic heterocycles. The number of carbonyl (C=O) groups is 1. The lowest BCUT2D eigenvalue weighted by Crippen LogP contribution is -2.07. The lowest BCUT2D eigenvalue weighted by Gasteiger charge is -2.11. The summed E-state index contributed by atoms with van der Waals surface area (Å²) in [5.41, 5.74) is 5.16. The Bertz CT molecular complexity index is 955. The van der Waals surface area contributed by atoms with Crippen molar-refractivity contribution in [3.05, 3.63) is 58.7 Å². The van der Waals surface area contributed by atoms with E-state index in [2.05, 4.69) is 34.7 Å². The van der Waals surface area contributed by atoms with Crippen LogP contribution < -0.4 is 0 Å². The molecule has 0 saturated heterocycles. The molecule has 136 valence electrons. The summed E-state index contributed by atoms with van der Waals surface area (Å²) in [6, 6.07) is 10.1. The Morgan fingerprint density at radius 2 is 1.85 bits per heavy atom. The summed E-state index contributed by atoms with van der Waals surface area (Å²) >= 11 is 1.44. The third-order valence-electron chi connectivity index (χ3n) is 4.67. The van der Waals surface area contributed by atoms with Gasteiger partial charge in [-0.3, -0.25) is 9.36 Å². The Kier molecular flexibility index (Phi) is 5.32. The van der Waals surface area contributed by atoms with Crippen LogP contribution in [-0.4, -0.2) is 30.9 Å². The zero-order valence-corrected chi connectivity index (χ0v) is 16.7. The number of benzene rings is 1. The van der Waals surface area contributed by atoms with Crippen molar-refractivity contribution in [2.75, 3.05) is 5.75 Å². The van der Waals surface area contributed by atoms with Crippen LogP contribution in [0.3, 0.4) is 0 Å². The van der Waals surface area contributed by atoms with Crippen LogP contribution in [0.2, 0.25) is 0 Å². The minimum atomic E-state index is 0.125. The number of carbonyl (C=O) groups excluding carboxylic acids is 1. The van der Waals surface area contributed by atoms with E-state index in [9.17, 15) is 4.79 Å². The molecule has 0 unspecified atom stereocenters. The second kappa shape index (κ2) is 7.50. The van der Waals surface area contributed by atoms with E-state index in [1.807, 2.05) is 49.6 Å². The van der Waals surface area contributed by atoms with Crippen molar-refractivity contribution >= 4 is 17.5 Å². The van der Waals surface area contributed by atoms with Gasteiger partial charge >= 0.3 is 0 Å². The molecule has 0 aliphatic carbocycles. The van der Waals surface area contributed by atoms with Crippen molar-refractivity contribution in [1.29, 1.82) is 0 Å². The van der Waals surface area contributed by atoms with E-state index >= 15 is 0 Å². The topological polar surface area (TPSA) is 52.7 Å². The normalized spacial score (nSPS) is 11.1. The van der Waals surface area contributed by atoms with Crippen LogP contribution in [0.15, 0.2) is 35.5 Å². The van der Waals surface area contributed by atoms with Crippen LogP contribution in [0.1, 0.15) is 40.1 Å². The van der Waals surface area contributed by atoms with Gasteiger partial charge in [0.1, 0.15) is 5.82 Å². The van der Waals surface area contributed by atoms with Gasteiger partial charge < -0.3 is 4.57 Å². The van der Waals surface area contributed by atoms with Gasteiger partial charge in [-0.05, 0) is 52.3 Å². The first-order valence-corrected chi connectivity index (χ1v) is 9.73. The number of rotatable bonds is 6. The molecule has 0 radical (unpaired) electrons. The predicted octanol–water partition coefficient (Wildman–Crippen LogP) is 4.30. The molecule has 0 fully saturated rings. The standard InChI is InChI=1S/C20H24N4OS/c1-6-23-14(3)11-17(15(23)4)19(25)12-26-20-22-21-16(5)24(20)18-10-8-7-9-13(18)2/h7-11H,6,12H2,1-5H3. The van der Waals surface area contributed by atoms with Gasteiger partial charge in [0.2, 0.25) is 0 Å². The maximum Gasteiger partial charge on any atom is 0.196 e. The van der Waals surface area contributed by atoms with E-state index in [1.165, 1.54) is 11.8 Å². The van der Waals surface area contributed by atoms with Gasteiger partial charge in [-0.15, -0.1) is 10.2 Å². The second-order valence-electron chi connectivity index (χ2n) is 6.39. The maximum atomic E-state index is 12.8. The SMILES string of the molecule is CCn1c(C)cc(C(=O)CSc2nnc(C)n2-c2ccccc2C)c1C. The number of aromatic nitrogens is 4. The minimum Gasteiger partial charge on any atom is -0.349 e. The zero-order valence-electron chi connectivity index (χ0n) is 15.9. The van der Waals surface area contributed by atoms with Crippen molar-refractivity contribution in [2.24, 2.45) is 0 Å². The van der Waals surface area contributed by atoms with Crippen LogP contribution in [0.25, 0.3) is 5.69 Å². The summed E-state index contributed by atoms with van der Waals surface area (Å²) in [6.45, 7) is 11.0. The summed E-state index contributed by atoms with van der Waals surface area (Å²) in [4.78, 5) is 12.8. The number of nitrogens with zero attached hydrogens (tertiary/aromatic N) is 4. The third kappa shape index (κ3) is 3.33. The number of hydrogen-bond donors (Lipinski definition) is 0. The van der Waals surface area contributed by atoms with Crippen LogP contribution in [-0.2, 0) is 6.54 Å². The van der Waals surface area contributed by atoms with E-state index < -0.39 is 0 Å². The van der Waals surface area contributed by atoms with E-state index in [4.69, 9.17) is 0 Å². The Balaban J connectivity index is 1.83. The van der Waals surface area contributed by atoms with E-state index in [1.54, 1.807) is 0 Å². The van der Waals surface area contributed by atoms with Crippen molar-refractivity contribution in [1.82, 2.24) is 19.3 Å². The molecule has 2 aromatic heterocycles. The molecule has 3 aromatic rings. The molecular weight excluding hydrogens is 344 g/mol. The Labute approximate surface area is 158 Å². The highest BCUT2D eigenvalue weighted by atomic mass is 32.2. The Hall–Kier alpha value is -2.34. The molecule has 26 heavy (non-hydrogen) atoms. The highest BCUT2D eigenvalue weighted by Gasteiger charge is 2.18. The van der Waals surface area contributed by atoms with Crippen molar-refractivity contribution in [2.45, 2.75) is 46.3 Å². The van der Waals surface area contributed by atoms with Crippen LogP contribution in [0.5, 0.6) is 0 Å². The second-order valence-corrected chi connectivity index (χ2v) is 7.34. The summed E-state index contributed by atoms with van der Waals surface area (Å²) in [5, 5.41) is 9.23. The van der Waals surface area contributed by atoms with Crippen molar-refractivity contribution in [3.63, 3.8) is 0 Å². The fourth-order valence-corrected chi connectivity index (χ4v) is 4.18. The first kappa shape index (κ1) is 18.5. The van der Waals surface area contributed by atoms with Crippen molar-refractivity contribution < 1.29 is 4.79 Å². The Morgan fingerprint density at radius 3 is 2.50 bits per heavy atom. The molecule has 0 aliphatic rings. The third-order valence-corrected chi connectivity index (χ3v) is 5.60. The van der Waals surface area contributed by atoms with Gasteiger partial charge in [-0.25, -0.2) is 0 Å². The molecule has 0 atom stereocenters. The number of hydrogen-bond acceptors (Lipinski definition) is 4. The Morgan fingerprint density at radius 1 is 1.12 bits per heavy atom. The summed E-state index contributed by atoms with van der Waals surface area (Å²) in [5.74, 6) is 1.29. The average molecular weight is 369 g/mol. The number of thioether (sulfide) groups is 1. The lowest BCUT2D eigenvalue weighted by molar-refractivity contribution is 0.102. The first-order valence-electron chi connectivity index (χ1n) is 8.74. The van der Waals surface area contributed by atoms with Gasteiger partial charge in [-0.2, -0.15) is 0 Å². The van der Waals surface area contributed by atoms with E-state index in [0.717, 1.165) is 45.7 Å². The smallest absolute Gasteiger partial charge is 0.196 e. The molecule has 0 bridgehead atoms. The monoisotopic (exact) mass is 368 g/mol. The molecule has 0 amide bonds. The fraction of sp³-hybridized carbons (Fsp3) is 0.350. The van der Waals surface area contributed by atoms with E-state index in [0.29, 0.717) is 5.75 Å². The molecule has 0 saturated carbocycles. The van der Waals surface area contributed by atoms with Crippen molar-refractivity contribution in [3.8, 4) is 5.69 Å². The number of Topliss-reactive ketones (excluding diaryl/α,β-unsaturated/α-hetero) is 1. The van der Waals surface area contributed by atoms with Gasteiger partial charge in [-0.1, -0.05) is 30.0 Å². The average Bonchev–Trinajstić information content (AvgIpc) is 3.12. The summed E-state index contributed by atoms with van der Waals surface area (Å²) < 4.78 is 4.18. The molecular formula is C20H24N4OS. The van der Waals surface area contributed by atoms with Gasteiger partial charge in [0.25, 0.3) is 0 Å². The number of ketones is 1. The molecule has 6 heteroatoms. The van der Waals surface area contributed by atoms with Gasteiger partial charge in [0, 0.05) is 23.5 Å². The molecule has 2 heterocycles. The van der Waals surface area contributed by atoms with Crippen LogP contribution in [0, 0.1) is 27.7 Å². The molecule has 5 nitrogen and oxygen atoms in total. The highest BCUT2D eigenvalue weighted by molar-refractivity contribution is 7.99. The molecule has 3 rings (SSSR count). The van der Waals surface area contributed by atoms with Gasteiger partial charge in [0.15, 0.2) is 10.9 Å². The van der Waals surface area contributed by atoms with E-state index in [-0.39, 0.29) is 5.78 Å². The number of para-hydroxylation sites is 1. The summed E-state index contributed by atoms with van der Waals surface area (Å²) in [6.07, 6.45) is 0. The largest absolute Gasteiger partial charge is 0.349 e. The van der Waals surface area contributed by atoms with Gasteiger partial charge in [0.05, 0.1) is 11.4 Å². The molecule has 0 spiro atoms. The molecule has 1 aromatic carbocycles. The molecule has 0 N–H and O–H groups in total. The van der Waals surface area contributed by atoms with Crippen LogP contribution in [0.4, 0.5) is 0 Å². The maximum absolute atomic E-state index is 12.8. The first-order chi connectivity index (χ1) is 12.4. The fourth-order valence-electron chi connectivity index (χ4n) is 3.31. The minimum absolute atomic E-state index is 0.125. The highest BCUT2D eigenvalue weighted by Crippen LogP contribution is 2.25.